The standard InChI is InChI=1S/C13H23N5O2/c1-13(2,3)14-8-11-9-18(16-15-11)10-12(19)17-4-6-20-7-5-17/h9,14H,4-8,10H2,1-3H3. The van der Waals surface area contributed by atoms with E-state index in [-0.39, 0.29) is 18.0 Å². The first kappa shape index (κ1) is 14.9. The fourth-order valence-corrected chi connectivity index (χ4v) is 1.90. The number of nitrogens with one attached hydrogen (secondary N) is 1. The molecule has 1 aromatic rings. The summed E-state index contributed by atoms with van der Waals surface area (Å²) in [5, 5.41) is 11.4. The van der Waals surface area contributed by atoms with Gasteiger partial charge >= 0.3 is 0 Å². The molecular weight excluding hydrogens is 258 g/mol. The summed E-state index contributed by atoms with van der Waals surface area (Å²) in [6, 6.07) is 0. The Labute approximate surface area is 119 Å². The SMILES string of the molecule is CC(C)(C)NCc1cn(CC(=O)N2CCOCC2)nn1. The molecule has 1 aliphatic rings. The van der Waals surface area contributed by atoms with Crippen molar-refractivity contribution in [2.45, 2.75) is 39.4 Å². The van der Waals surface area contributed by atoms with Crippen molar-refractivity contribution >= 4 is 5.91 Å². The van der Waals surface area contributed by atoms with Gasteiger partial charge in [0, 0.05) is 25.2 Å². The number of hydrogen-bond donors (Lipinski definition) is 1. The molecule has 0 atom stereocenters. The van der Waals surface area contributed by atoms with Gasteiger partial charge in [0.25, 0.3) is 0 Å². The van der Waals surface area contributed by atoms with Gasteiger partial charge in [-0.25, -0.2) is 4.68 Å². The molecule has 0 spiro atoms. The molecule has 7 heteroatoms. The lowest BCUT2D eigenvalue weighted by molar-refractivity contribution is -0.136. The lowest BCUT2D eigenvalue weighted by atomic mass is 10.1. The van der Waals surface area contributed by atoms with Gasteiger partial charge in [0.2, 0.25) is 5.91 Å². The number of carbonyl (C=O) groups is 1. The molecule has 0 aromatic carbocycles. The molecule has 1 amide bonds. The van der Waals surface area contributed by atoms with Gasteiger partial charge in [0.1, 0.15) is 6.54 Å². The van der Waals surface area contributed by atoms with Crippen molar-refractivity contribution in [3.63, 3.8) is 0 Å². The summed E-state index contributed by atoms with van der Waals surface area (Å²) in [5.74, 6) is 0.0635. The molecule has 0 radical (unpaired) electrons. The van der Waals surface area contributed by atoms with Crippen molar-refractivity contribution in [3.05, 3.63) is 11.9 Å². The van der Waals surface area contributed by atoms with E-state index in [4.69, 9.17) is 4.74 Å². The first-order chi connectivity index (χ1) is 9.44. The summed E-state index contributed by atoms with van der Waals surface area (Å²) in [4.78, 5) is 13.9. The van der Waals surface area contributed by atoms with Gasteiger partial charge in [-0.3, -0.25) is 4.79 Å². The third-order valence-corrected chi connectivity index (χ3v) is 3.05. The fraction of sp³-hybridized carbons (Fsp3) is 0.769. The van der Waals surface area contributed by atoms with Crippen LogP contribution in [0.5, 0.6) is 0 Å². The molecule has 1 aromatic heterocycles. The summed E-state index contributed by atoms with van der Waals surface area (Å²) >= 11 is 0. The van der Waals surface area contributed by atoms with E-state index in [0.29, 0.717) is 32.8 Å². The van der Waals surface area contributed by atoms with Gasteiger partial charge in [-0.2, -0.15) is 0 Å². The molecule has 2 rings (SSSR count). The lowest BCUT2D eigenvalue weighted by Gasteiger charge is -2.26. The monoisotopic (exact) mass is 281 g/mol. The van der Waals surface area contributed by atoms with E-state index >= 15 is 0 Å². The minimum absolute atomic E-state index is 0.0351. The van der Waals surface area contributed by atoms with E-state index < -0.39 is 0 Å². The van der Waals surface area contributed by atoms with Crippen molar-refractivity contribution in [1.82, 2.24) is 25.2 Å². The Bertz CT molecular complexity index is 446. The molecular formula is C13H23N5O2. The first-order valence-corrected chi connectivity index (χ1v) is 6.93. The third-order valence-electron chi connectivity index (χ3n) is 3.05. The highest BCUT2D eigenvalue weighted by molar-refractivity contribution is 5.75. The second-order valence-corrected chi connectivity index (χ2v) is 6.00. The van der Waals surface area contributed by atoms with Crippen molar-refractivity contribution in [1.29, 1.82) is 0 Å². The average Bonchev–Trinajstić information content (AvgIpc) is 2.84. The maximum absolute atomic E-state index is 12.1. The van der Waals surface area contributed by atoms with Crippen molar-refractivity contribution in [2.24, 2.45) is 0 Å². The summed E-state index contributed by atoms with van der Waals surface area (Å²) in [6.45, 7) is 9.72. The van der Waals surface area contributed by atoms with Gasteiger partial charge < -0.3 is 15.0 Å². The number of amides is 1. The molecule has 1 N–H and O–H groups in total. The van der Waals surface area contributed by atoms with Gasteiger partial charge in [0.05, 0.1) is 25.1 Å². The number of morpholine rings is 1. The number of hydrogen-bond acceptors (Lipinski definition) is 5. The maximum atomic E-state index is 12.1. The molecule has 0 bridgehead atoms. The van der Waals surface area contributed by atoms with Crippen LogP contribution in [0.1, 0.15) is 26.5 Å². The zero-order chi connectivity index (χ0) is 14.6. The van der Waals surface area contributed by atoms with E-state index in [1.54, 1.807) is 9.58 Å². The minimum atomic E-state index is 0.0351. The molecule has 0 unspecified atom stereocenters. The van der Waals surface area contributed by atoms with Crippen molar-refractivity contribution in [3.8, 4) is 0 Å². The van der Waals surface area contributed by atoms with Gasteiger partial charge in [0.15, 0.2) is 0 Å². The van der Waals surface area contributed by atoms with E-state index in [0.717, 1.165) is 5.69 Å². The summed E-state index contributed by atoms with van der Waals surface area (Å²) in [5.41, 5.74) is 0.877. The van der Waals surface area contributed by atoms with Crippen LogP contribution in [-0.2, 0) is 22.6 Å². The summed E-state index contributed by atoms with van der Waals surface area (Å²) < 4.78 is 6.83. The summed E-state index contributed by atoms with van der Waals surface area (Å²) in [7, 11) is 0. The fourth-order valence-electron chi connectivity index (χ4n) is 1.90. The highest BCUT2D eigenvalue weighted by atomic mass is 16.5. The Morgan fingerprint density at radius 2 is 2.10 bits per heavy atom. The molecule has 112 valence electrons. The minimum Gasteiger partial charge on any atom is -0.378 e. The quantitative estimate of drug-likeness (QED) is 0.842. The Hall–Kier alpha value is -1.47. The van der Waals surface area contributed by atoms with Crippen LogP contribution in [0.3, 0.4) is 0 Å². The molecule has 1 saturated heterocycles. The van der Waals surface area contributed by atoms with Crippen LogP contribution in [-0.4, -0.2) is 57.6 Å². The number of carbonyl (C=O) groups excluding carboxylic acids is 1. The van der Waals surface area contributed by atoms with Crippen LogP contribution >= 0.6 is 0 Å². The second kappa shape index (κ2) is 6.32. The maximum Gasteiger partial charge on any atom is 0.244 e. The zero-order valence-corrected chi connectivity index (χ0v) is 12.4. The molecule has 7 nitrogen and oxygen atoms in total. The van der Waals surface area contributed by atoms with Crippen LogP contribution < -0.4 is 5.32 Å². The second-order valence-electron chi connectivity index (χ2n) is 6.00. The topological polar surface area (TPSA) is 72.3 Å². The highest BCUT2D eigenvalue weighted by Gasteiger charge is 2.18. The van der Waals surface area contributed by atoms with Crippen LogP contribution in [0.2, 0.25) is 0 Å². The predicted octanol–water partition coefficient (Wildman–Crippen LogP) is 0.0250. The Kier molecular flexibility index (Phi) is 4.72. The van der Waals surface area contributed by atoms with Gasteiger partial charge in [-0.05, 0) is 20.8 Å². The Morgan fingerprint density at radius 3 is 2.75 bits per heavy atom. The Balaban J connectivity index is 1.84. The smallest absolute Gasteiger partial charge is 0.244 e. The number of nitrogens with zero attached hydrogens (tertiary/aromatic N) is 4. The third kappa shape index (κ3) is 4.57. The molecule has 20 heavy (non-hydrogen) atoms. The molecule has 0 saturated carbocycles. The predicted molar refractivity (Wildman–Crippen MR) is 74.0 cm³/mol. The normalized spacial score (nSPS) is 16.4. The van der Waals surface area contributed by atoms with E-state index in [1.807, 2.05) is 6.20 Å². The first-order valence-electron chi connectivity index (χ1n) is 6.93. The van der Waals surface area contributed by atoms with Crippen LogP contribution in [0.25, 0.3) is 0 Å². The molecule has 1 aliphatic heterocycles. The van der Waals surface area contributed by atoms with Gasteiger partial charge in [-0.1, -0.05) is 5.21 Å². The number of ether oxygens (including phenoxy) is 1. The van der Waals surface area contributed by atoms with E-state index in [2.05, 4.69) is 36.4 Å². The molecule has 1 fully saturated rings. The molecule has 0 aliphatic carbocycles. The van der Waals surface area contributed by atoms with E-state index in [9.17, 15) is 4.79 Å². The number of rotatable bonds is 4. The Morgan fingerprint density at radius 1 is 1.40 bits per heavy atom. The van der Waals surface area contributed by atoms with Crippen LogP contribution in [0, 0.1) is 0 Å². The van der Waals surface area contributed by atoms with Crippen molar-refractivity contribution < 1.29 is 9.53 Å². The van der Waals surface area contributed by atoms with Crippen LogP contribution in [0.4, 0.5) is 0 Å². The average molecular weight is 281 g/mol. The number of aromatic nitrogens is 3. The van der Waals surface area contributed by atoms with Gasteiger partial charge in [-0.15, -0.1) is 5.10 Å². The largest absolute Gasteiger partial charge is 0.378 e. The lowest BCUT2D eigenvalue weighted by Crippen LogP contribution is -2.42. The molecule has 2 heterocycles. The van der Waals surface area contributed by atoms with E-state index in [1.165, 1.54) is 0 Å². The zero-order valence-electron chi connectivity index (χ0n) is 12.4. The summed E-state index contributed by atoms with van der Waals surface area (Å²) in [6.07, 6.45) is 1.82. The van der Waals surface area contributed by atoms with Crippen LogP contribution in [0.15, 0.2) is 6.20 Å². The van der Waals surface area contributed by atoms with Crippen molar-refractivity contribution in [2.75, 3.05) is 26.3 Å². The highest BCUT2D eigenvalue weighted by Crippen LogP contribution is 2.03.